The lowest BCUT2D eigenvalue weighted by Crippen LogP contribution is -2.46. The van der Waals surface area contributed by atoms with E-state index in [1.165, 1.54) is 12.8 Å². The van der Waals surface area contributed by atoms with Crippen LogP contribution in [0.2, 0.25) is 0 Å². The summed E-state index contributed by atoms with van der Waals surface area (Å²) in [5, 5.41) is 22.0. The molecule has 0 amide bonds. The molecule has 4 rings (SSSR count). The molecule has 0 unspecified atom stereocenters. The molecule has 2 fully saturated rings. The first-order valence-corrected chi connectivity index (χ1v) is 7.83. The van der Waals surface area contributed by atoms with Gasteiger partial charge in [-0.05, 0) is 35.4 Å². The second kappa shape index (κ2) is 5.57. The SMILES string of the molecule is Oc1ccccc1N1CCN(Cc2nnnn2C2CC2)CC1. The van der Waals surface area contributed by atoms with Gasteiger partial charge in [-0.2, -0.15) is 0 Å². The molecule has 1 aliphatic heterocycles. The number of rotatable bonds is 4. The van der Waals surface area contributed by atoms with Crippen LogP contribution in [0.3, 0.4) is 0 Å². The summed E-state index contributed by atoms with van der Waals surface area (Å²) >= 11 is 0. The molecule has 2 aromatic rings. The van der Waals surface area contributed by atoms with Gasteiger partial charge in [-0.15, -0.1) is 5.10 Å². The Kier molecular flexibility index (Phi) is 3.42. The van der Waals surface area contributed by atoms with Crippen molar-refractivity contribution in [2.24, 2.45) is 0 Å². The number of nitrogens with zero attached hydrogens (tertiary/aromatic N) is 6. The van der Waals surface area contributed by atoms with Crippen LogP contribution >= 0.6 is 0 Å². The fourth-order valence-electron chi connectivity index (χ4n) is 3.00. The lowest BCUT2D eigenvalue weighted by Gasteiger charge is -2.35. The van der Waals surface area contributed by atoms with Crippen molar-refractivity contribution in [1.29, 1.82) is 0 Å². The van der Waals surface area contributed by atoms with E-state index >= 15 is 0 Å². The number of benzene rings is 1. The number of anilines is 1. The Morgan fingerprint density at radius 3 is 2.59 bits per heavy atom. The van der Waals surface area contributed by atoms with Gasteiger partial charge >= 0.3 is 0 Å². The first-order valence-electron chi connectivity index (χ1n) is 7.83. The summed E-state index contributed by atoms with van der Waals surface area (Å²) in [6.07, 6.45) is 2.39. The molecule has 0 radical (unpaired) electrons. The average molecular weight is 300 g/mol. The highest BCUT2D eigenvalue weighted by Crippen LogP contribution is 2.34. The predicted molar refractivity (Wildman–Crippen MR) is 81.7 cm³/mol. The van der Waals surface area contributed by atoms with Crippen LogP contribution < -0.4 is 4.90 Å². The van der Waals surface area contributed by atoms with Crippen molar-refractivity contribution in [1.82, 2.24) is 25.1 Å². The van der Waals surface area contributed by atoms with Crippen LogP contribution in [0.1, 0.15) is 24.7 Å². The lowest BCUT2D eigenvalue weighted by atomic mass is 10.2. The molecule has 22 heavy (non-hydrogen) atoms. The number of aromatic nitrogens is 4. The summed E-state index contributed by atoms with van der Waals surface area (Å²) in [5.74, 6) is 1.33. The minimum absolute atomic E-state index is 0.355. The Morgan fingerprint density at radius 2 is 1.86 bits per heavy atom. The van der Waals surface area contributed by atoms with Gasteiger partial charge < -0.3 is 10.0 Å². The molecule has 0 atom stereocenters. The normalized spacial score (nSPS) is 19.5. The quantitative estimate of drug-likeness (QED) is 0.909. The van der Waals surface area contributed by atoms with Crippen molar-refractivity contribution in [3.05, 3.63) is 30.1 Å². The second-order valence-electron chi connectivity index (χ2n) is 6.02. The molecule has 7 nitrogen and oxygen atoms in total. The number of hydrogen-bond acceptors (Lipinski definition) is 6. The molecular weight excluding hydrogens is 280 g/mol. The van der Waals surface area contributed by atoms with Gasteiger partial charge in [-0.3, -0.25) is 4.90 Å². The summed E-state index contributed by atoms with van der Waals surface area (Å²) in [4.78, 5) is 4.61. The van der Waals surface area contributed by atoms with Gasteiger partial charge in [0.05, 0.1) is 18.3 Å². The van der Waals surface area contributed by atoms with Crippen molar-refractivity contribution in [2.75, 3.05) is 31.1 Å². The zero-order valence-electron chi connectivity index (χ0n) is 12.5. The number of tetrazole rings is 1. The van der Waals surface area contributed by atoms with E-state index in [1.54, 1.807) is 6.07 Å². The van der Waals surface area contributed by atoms with E-state index in [0.717, 1.165) is 44.2 Å². The molecule has 1 aromatic carbocycles. The van der Waals surface area contributed by atoms with Gasteiger partial charge in [0.1, 0.15) is 5.75 Å². The number of hydrogen-bond donors (Lipinski definition) is 1. The van der Waals surface area contributed by atoms with Crippen LogP contribution in [0.15, 0.2) is 24.3 Å². The molecule has 1 aliphatic carbocycles. The van der Waals surface area contributed by atoms with Crippen LogP contribution in [-0.2, 0) is 6.54 Å². The minimum Gasteiger partial charge on any atom is -0.506 e. The van der Waals surface area contributed by atoms with E-state index in [1.807, 2.05) is 22.9 Å². The summed E-state index contributed by atoms with van der Waals surface area (Å²) in [5.41, 5.74) is 0.921. The Balaban J connectivity index is 1.38. The maximum atomic E-state index is 9.96. The molecule has 0 bridgehead atoms. The lowest BCUT2D eigenvalue weighted by molar-refractivity contribution is 0.238. The Hall–Kier alpha value is -2.15. The smallest absolute Gasteiger partial charge is 0.165 e. The number of piperazine rings is 1. The maximum Gasteiger partial charge on any atom is 0.165 e. The summed E-state index contributed by atoms with van der Waals surface area (Å²) in [7, 11) is 0. The van der Waals surface area contributed by atoms with E-state index in [9.17, 15) is 5.11 Å². The molecule has 7 heteroatoms. The van der Waals surface area contributed by atoms with Crippen molar-refractivity contribution in [3.8, 4) is 5.75 Å². The third-order valence-corrected chi connectivity index (χ3v) is 4.41. The molecule has 1 aromatic heterocycles. The van der Waals surface area contributed by atoms with E-state index in [-0.39, 0.29) is 0 Å². The van der Waals surface area contributed by atoms with Crippen molar-refractivity contribution >= 4 is 5.69 Å². The minimum atomic E-state index is 0.355. The van der Waals surface area contributed by atoms with Crippen LogP contribution in [0.4, 0.5) is 5.69 Å². The third-order valence-electron chi connectivity index (χ3n) is 4.41. The van der Waals surface area contributed by atoms with Crippen molar-refractivity contribution in [2.45, 2.75) is 25.4 Å². The summed E-state index contributed by atoms with van der Waals surface area (Å²) in [6.45, 7) is 4.51. The average Bonchev–Trinajstić information content (AvgIpc) is 3.29. The van der Waals surface area contributed by atoms with Gasteiger partial charge in [0.2, 0.25) is 0 Å². The number of para-hydroxylation sites is 2. The standard InChI is InChI=1S/C15H20N6O/c22-14-4-2-1-3-13(14)20-9-7-19(8-10-20)11-15-16-17-18-21(15)12-5-6-12/h1-4,12,22H,5-11H2. The molecular formula is C15H20N6O. The van der Waals surface area contributed by atoms with Crippen molar-refractivity contribution < 1.29 is 5.11 Å². The zero-order valence-corrected chi connectivity index (χ0v) is 12.5. The molecule has 1 N–H and O–H groups in total. The van der Waals surface area contributed by atoms with Crippen LogP contribution in [0.5, 0.6) is 5.75 Å². The molecule has 2 heterocycles. The van der Waals surface area contributed by atoms with Gasteiger partial charge in [0.15, 0.2) is 5.82 Å². The van der Waals surface area contributed by atoms with E-state index in [0.29, 0.717) is 11.8 Å². The predicted octanol–water partition coefficient (Wildman–Crippen LogP) is 1.04. The monoisotopic (exact) mass is 300 g/mol. The van der Waals surface area contributed by atoms with Crippen LogP contribution in [0, 0.1) is 0 Å². The topological polar surface area (TPSA) is 70.3 Å². The fourth-order valence-corrected chi connectivity index (χ4v) is 3.00. The van der Waals surface area contributed by atoms with E-state index < -0.39 is 0 Å². The largest absolute Gasteiger partial charge is 0.506 e. The molecule has 0 spiro atoms. The first-order chi connectivity index (χ1) is 10.8. The van der Waals surface area contributed by atoms with Gasteiger partial charge in [0.25, 0.3) is 0 Å². The fraction of sp³-hybridized carbons (Fsp3) is 0.533. The van der Waals surface area contributed by atoms with Gasteiger partial charge in [0, 0.05) is 26.2 Å². The zero-order chi connectivity index (χ0) is 14.9. The highest BCUT2D eigenvalue weighted by molar-refractivity contribution is 5.57. The Labute approximate surface area is 129 Å². The number of aromatic hydroxyl groups is 1. The summed E-state index contributed by atoms with van der Waals surface area (Å²) in [6, 6.07) is 8.05. The van der Waals surface area contributed by atoms with E-state index in [2.05, 4.69) is 25.3 Å². The Bertz CT molecular complexity index is 645. The Morgan fingerprint density at radius 1 is 1.09 bits per heavy atom. The second-order valence-corrected chi connectivity index (χ2v) is 6.02. The van der Waals surface area contributed by atoms with Gasteiger partial charge in [-0.1, -0.05) is 12.1 Å². The molecule has 1 saturated carbocycles. The first kappa shape index (κ1) is 13.5. The van der Waals surface area contributed by atoms with Gasteiger partial charge in [-0.25, -0.2) is 4.68 Å². The highest BCUT2D eigenvalue weighted by Gasteiger charge is 2.29. The maximum absolute atomic E-state index is 9.96. The number of phenols is 1. The highest BCUT2D eigenvalue weighted by atomic mass is 16.3. The van der Waals surface area contributed by atoms with Crippen LogP contribution in [0.25, 0.3) is 0 Å². The molecule has 1 saturated heterocycles. The third kappa shape index (κ3) is 2.64. The molecule has 2 aliphatic rings. The van der Waals surface area contributed by atoms with E-state index in [4.69, 9.17) is 0 Å². The van der Waals surface area contributed by atoms with Crippen LogP contribution in [-0.4, -0.2) is 56.4 Å². The number of phenolic OH excluding ortho intramolecular Hbond substituents is 1. The molecule has 116 valence electrons. The van der Waals surface area contributed by atoms with Crippen molar-refractivity contribution in [3.63, 3.8) is 0 Å². The summed E-state index contributed by atoms with van der Waals surface area (Å²) < 4.78 is 1.98.